The molecule has 1 fully saturated rings. The van der Waals surface area contributed by atoms with Crippen molar-refractivity contribution in [1.82, 2.24) is 5.32 Å². The average Bonchev–Trinajstić information content (AvgIpc) is 2.87. The predicted octanol–water partition coefficient (Wildman–Crippen LogP) is 3.55. The minimum Gasteiger partial charge on any atom is -0.493 e. The summed E-state index contributed by atoms with van der Waals surface area (Å²) in [5, 5.41) is 12.9. The van der Waals surface area contributed by atoms with Crippen LogP contribution in [0.2, 0.25) is 0 Å². The van der Waals surface area contributed by atoms with E-state index in [0.717, 1.165) is 42.5 Å². The molecule has 3 nitrogen and oxygen atoms in total. The van der Waals surface area contributed by atoms with E-state index >= 15 is 0 Å². The van der Waals surface area contributed by atoms with Crippen LogP contribution in [0.5, 0.6) is 5.75 Å². The third-order valence-electron chi connectivity index (χ3n) is 4.11. The first-order chi connectivity index (χ1) is 9.28. The molecule has 1 aliphatic heterocycles. The van der Waals surface area contributed by atoms with Gasteiger partial charge in [-0.25, -0.2) is 0 Å². The number of hydrogen-bond acceptors (Lipinski definition) is 3. The van der Waals surface area contributed by atoms with Crippen LogP contribution >= 0.6 is 15.9 Å². The van der Waals surface area contributed by atoms with Gasteiger partial charge in [-0.3, -0.25) is 0 Å². The molecule has 100 valence electrons. The summed E-state index contributed by atoms with van der Waals surface area (Å²) in [4.78, 5) is 0. The Morgan fingerprint density at radius 3 is 3.05 bits per heavy atom. The maximum Gasteiger partial charge on any atom is 0.124 e. The van der Waals surface area contributed by atoms with Gasteiger partial charge in [0.25, 0.3) is 0 Å². The van der Waals surface area contributed by atoms with Crippen LogP contribution in [0.15, 0.2) is 22.7 Å². The summed E-state index contributed by atoms with van der Waals surface area (Å²) in [5.74, 6) is 1.14. The maximum atomic E-state index is 9.18. The fourth-order valence-corrected chi connectivity index (χ4v) is 3.49. The largest absolute Gasteiger partial charge is 0.493 e. The first kappa shape index (κ1) is 13.0. The second kappa shape index (κ2) is 5.52. The number of nitriles is 1. The van der Waals surface area contributed by atoms with E-state index in [-0.39, 0.29) is 5.92 Å². The number of rotatable bonds is 2. The molecule has 19 heavy (non-hydrogen) atoms. The van der Waals surface area contributed by atoms with Gasteiger partial charge in [-0.1, -0.05) is 22.4 Å². The van der Waals surface area contributed by atoms with Crippen molar-refractivity contribution in [2.75, 3.05) is 6.61 Å². The zero-order valence-electron chi connectivity index (χ0n) is 10.7. The van der Waals surface area contributed by atoms with Gasteiger partial charge in [-0.15, -0.1) is 0 Å². The van der Waals surface area contributed by atoms with E-state index in [2.05, 4.69) is 33.4 Å². The molecular formula is C15H17BrN2O. The molecule has 1 aromatic rings. The van der Waals surface area contributed by atoms with Crippen molar-refractivity contribution >= 4 is 15.9 Å². The summed E-state index contributed by atoms with van der Waals surface area (Å²) < 4.78 is 6.78. The Bertz CT molecular complexity index is 511. The average molecular weight is 321 g/mol. The van der Waals surface area contributed by atoms with Crippen molar-refractivity contribution in [2.24, 2.45) is 5.92 Å². The molecule has 3 rings (SSSR count). The first-order valence-electron chi connectivity index (χ1n) is 6.86. The Labute approximate surface area is 122 Å². The molecule has 0 radical (unpaired) electrons. The minimum atomic E-state index is 0.165. The summed E-state index contributed by atoms with van der Waals surface area (Å²) in [7, 11) is 0. The van der Waals surface area contributed by atoms with E-state index in [4.69, 9.17) is 4.74 Å². The molecule has 1 heterocycles. The molecule has 1 N–H and O–H groups in total. The molecule has 0 spiro atoms. The van der Waals surface area contributed by atoms with Crippen molar-refractivity contribution in [3.8, 4) is 11.8 Å². The van der Waals surface area contributed by atoms with E-state index < -0.39 is 0 Å². The lowest BCUT2D eigenvalue weighted by molar-refractivity contribution is 0.240. The Morgan fingerprint density at radius 1 is 1.32 bits per heavy atom. The Hall–Kier alpha value is -1.05. The van der Waals surface area contributed by atoms with E-state index in [1.54, 1.807) is 0 Å². The molecule has 1 saturated carbocycles. The second-order valence-electron chi connectivity index (χ2n) is 5.31. The third kappa shape index (κ3) is 2.63. The molecule has 1 aromatic carbocycles. The maximum absolute atomic E-state index is 9.18. The number of benzene rings is 1. The van der Waals surface area contributed by atoms with Crippen molar-refractivity contribution in [1.29, 1.82) is 5.26 Å². The van der Waals surface area contributed by atoms with Gasteiger partial charge in [-0.2, -0.15) is 5.26 Å². The van der Waals surface area contributed by atoms with Gasteiger partial charge in [0.2, 0.25) is 0 Å². The zero-order valence-corrected chi connectivity index (χ0v) is 12.3. The molecule has 4 heteroatoms. The quantitative estimate of drug-likeness (QED) is 0.906. The fourth-order valence-electron chi connectivity index (χ4n) is 3.11. The van der Waals surface area contributed by atoms with Crippen LogP contribution in [0, 0.1) is 17.2 Å². The Morgan fingerprint density at radius 2 is 2.21 bits per heavy atom. The lowest BCUT2D eigenvalue weighted by atomic mass is 9.97. The summed E-state index contributed by atoms with van der Waals surface area (Å²) in [6.45, 7) is 0.746. The third-order valence-corrected chi connectivity index (χ3v) is 4.60. The zero-order chi connectivity index (χ0) is 13.2. The molecule has 2 aliphatic rings. The van der Waals surface area contributed by atoms with Crippen LogP contribution < -0.4 is 10.1 Å². The van der Waals surface area contributed by atoms with E-state index in [9.17, 15) is 5.26 Å². The molecule has 3 unspecified atom stereocenters. The van der Waals surface area contributed by atoms with Gasteiger partial charge in [-0.05, 0) is 31.0 Å². The smallest absolute Gasteiger partial charge is 0.124 e. The molecule has 3 atom stereocenters. The van der Waals surface area contributed by atoms with Crippen LogP contribution in [0.25, 0.3) is 0 Å². The first-order valence-corrected chi connectivity index (χ1v) is 7.65. The summed E-state index contributed by atoms with van der Waals surface area (Å²) in [6.07, 6.45) is 4.27. The lowest BCUT2D eigenvalue weighted by Crippen LogP contribution is -2.37. The number of nitrogens with zero attached hydrogens (tertiary/aromatic N) is 1. The van der Waals surface area contributed by atoms with Crippen molar-refractivity contribution in [2.45, 2.75) is 37.8 Å². The highest BCUT2D eigenvalue weighted by molar-refractivity contribution is 9.10. The molecule has 0 aromatic heterocycles. The normalized spacial score (nSPS) is 29.4. The van der Waals surface area contributed by atoms with Crippen molar-refractivity contribution in [3.05, 3.63) is 28.2 Å². The van der Waals surface area contributed by atoms with E-state index in [1.165, 1.54) is 5.56 Å². The van der Waals surface area contributed by atoms with Crippen LogP contribution in [0.4, 0.5) is 0 Å². The summed E-state index contributed by atoms with van der Waals surface area (Å²) in [5.41, 5.74) is 1.21. The van der Waals surface area contributed by atoms with Crippen LogP contribution in [0.3, 0.4) is 0 Å². The van der Waals surface area contributed by atoms with Crippen LogP contribution in [0.1, 0.15) is 37.3 Å². The van der Waals surface area contributed by atoms with Gasteiger partial charge >= 0.3 is 0 Å². The van der Waals surface area contributed by atoms with Gasteiger partial charge in [0.15, 0.2) is 0 Å². The summed E-state index contributed by atoms with van der Waals surface area (Å²) >= 11 is 3.52. The highest BCUT2D eigenvalue weighted by Gasteiger charge is 2.31. The highest BCUT2D eigenvalue weighted by atomic mass is 79.9. The summed E-state index contributed by atoms with van der Waals surface area (Å²) in [6, 6.07) is 9.23. The van der Waals surface area contributed by atoms with Gasteiger partial charge < -0.3 is 10.1 Å². The second-order valence-corrected chi connectivity index (χ2v) is 6.23. The number of nitrogens with one attached hydrogen (secondary N) is 1. The SMILES string of the molecule is N#CC1CCCC1NC1CCOc2ccc(Br)cc21. The van der Waals surface area contributed by atoms with E-state index in [1.807, 2.05) is 12.1 Å². The lowest BCUT2D eigenvalue weighted by Gasteiger charge is -2.30. The van der Waals surface area contributed by atoms with E-state index in [0.29, 0.717) is 12.1 Å². The molecule has 1 aliphatic carbocycles. The van der Waals surface area contributed by atoms with Crippen LogP contribution in [-0.2, 0) is 0 Å². The van der Waals surface area contributed by atoms with Crippen molar-refractivity contribution < 1.29 is 4.74 Å². The number of ether oxygens (including phenoxy) is 1. The molecule has 0 bridgehead atoms. The Kier molecular flexibility index (Phi) is 3.76. The van der Waals surface area contributed by atoms with Crippen molar-refractivity contribution in [3.63, 3.8) is 0 Å². The molecule has 0 amide bonds. The monoisotopic (exact) mass is 320 g/mol. The fraction of sp³-hybridized carbons (Fsp3) is 0.533. The standard InChI is InChI=1S/C15H17BrN2O/c16-11-4-5-15-12(8-11)14(6-7-19-15)18-13-3-1-2-10(13)9-17/h4-5,8,10,13-14,18H,1-3,6-7H2. The van der Waals surface area contributed by atoms with Gasteiger partial charge in [0.1, 0.15) is 5.75 Å². The number of halogens is 1. The minimum absolute atomic E-state index is 0.165. The number of hydrogen-bond donors (Lipinski definition) is 1. The molecular weight excluding hydrogens is 304 g/mol. The topological polar surface area (TPSA) is 45.0 Å². The molecule has 0 saturated heterocycles. The number of fused-ring (bicyclic) bond motifs is 1. The highest BCUT2D eigenvalue weighted by Crippen LogP contribution is 2.36. The van der Waals surface area contributed by atoms with Gasteiger partial charge in [0, 0.05) is 28.5 Å². The van der Waals surface area contributed by atoms with Gasteiger partial charge in [0.05, 0.1) is 18.6 Å². The Balaban J connectivity index is 1.80. The van der Waals surface area contributed by atoms with Crippen LogP contribution in [-0.4, -0.2) is 12.6 Å². The predicted molar refractivity (Wildman–Crippen MR) is 76.9 cm³/mol.